The van der Waals surface area contributed by atoms with Crippen LogP contribution in [0.25, 0.3) is 0 Å². The molecule has 1 aromatic carbocycles. The molecule has 318 valence electrons. The number of nitrogens with one attached hydrogen (secondary N) is 1. The minimum Gasteiger partial charge on any atom is -0.493 e. The lowest BCUT2D eigenvalue weighted by molar-refractivity contribution is -0.158. The number of carbonyl (C=O) groups is 2. The van der Waals surface area contributed by atoms with E-state index in [4.69, 9.17) is 18.9 Å². The van der Waals surface area contributed by atoms with Crippen LogP contribution in [-0.2, 0) is 25.5 Å². The molecule has 1 N–H and O–H groups in total. The van der Waals surface area contributed by atoms with Crippen LogP contribution in [0.4, 0.5) is 0 Å². The van der Waals surface area contributed by atoms with E-state index < -0.39 is 5.60 Å². The molecule has 0 aliphatic carbocycles. The number of carbonyl (C=O) groups excluding carboxylic acids is 2. The average molecular weight is 772 g/mol. The molecule has 0 saturated carbocycles. The van der Waals surface area contributed by atoms with E-state index >= 15 is 0 Å². The normalized spacial score (nSPS) is 17.4. The lowest BCUT2D eigenvalue weighted by atomic mass is 9.83. The third kappa shape index (κ3) is 18.7. The number of hydrogen-bond acceptors (Lipinski definition) is 6. The van der Waals surface area contributed by atoms with Gasteiger partial charge < -0.3 is 24.3 Å². The molecule has 0 saturated heterocycles. The van der Waals surface area contributed by atoms with E-state index in [1.54, 1.807) is 0 Å². The van der Waals surface area contributed by atoms with Crippen LogP contribution < -0.4 is 14.8 Å². The van der Waals surface area contributed by atoms with Crippen molar-refractivity contribution in [1.29, 1.82) is 0 Å². The van der Waals surface area contributed by atoms with Gasteiger partial charge in [-0.3, -0.25) is 9.59 Å². The number of hydrogen-bond donors (Lipinski definition) is 1. The second kappa shape index (κ2) is 22.0. The molecule has 1 aliphatic rings. The van der Waals surface area contributed by atoms with Gasteiger partial charge in [-0.15, -0.1) is 0 Å². The Labute approximate surface area is 338 Å². The molecule has 3 atom stereocenters. The van der Waals surface area contributed by atoms with E-state index in [-0.39, 0.29) is 28.3 Å². The standard InChI is InChI=1S/C48H85NO6/c1-34(2)20-16-21-35(3)22-17-23-36(4)24-18-27-48(15)28-26-40-39(7)43(37(5)38(6)44(40)55-48)53-29-19-25-41(50)49-31-47(13,14)33-52-32-46(11,12)30-42(51)54-45(8,9)10/h34-36H,16-33H2,1-15H3,(H,49,50)/t35-,36-,48?/m1/s1. The van der Waals surface area contributed by atoms with Crippen molar-refractivity contribution in [2.24, 2.45) is 28.6 Å². The Morgan fingerprint density at radius 1 is 0.782 bits per heavy atom. The summed E-state index contributed by atoms with van der Waals surface area (Å²) >= 11 is 0. The monoisotopic (exact) mass is 772 g/mol. The first-order valence-corrected chi connectivity index (χ1v) is 21.9. The van der Waals surface area contributed by atoms with Crippen molar-refractivity contribution in [2.75, 3.05) is 26.4 Å². The van der Waals surface area contributed by atoms with Crippen LogP contribution >= 0.6 is 0 Å². The van der Waals surface area contributed by atoms with Gasteiger partial charge >= 0.3 is 5.97 Å². The molecule has 1 unspecified atom stereocenters. The van der Waals surface area contributed by atoms with Crippen molar-refractivity contribution in [2.45, 2.75) is 205 Å². The van der Waals surface area contributed by atoms with E-state index in [1.807, 2.05) is 34.6 Å². The molecule has 0 fully saturated rings. The zero-order valence-electron chi connectivity index (χ0n) is 38.4. The summed E-state index contributed by atoms with van der Waals surface area (Å²) in [5.41, 5.74) is 3.54. The fourth-order valence-electron chi connectivity index (χ4n) is 7.78. The second-order valence-corrected chi connectivity index (χ2v) is 20.7. The van der Waals surface area contributed by atoms with Crippen LogP contribution in [0.15, 0.2) is 0 Å². The minimum absolute atomic E-state index is 0.0150. The number of esters is 1. The summed E-state index contributed by atoms with van der Waals surface area (Å²) in [4.78, 5) is 25.1. The van der Waals surface area contributed by atoms with E-state index in [9.17, 15) is 9.59 Å². The van der Waals surface area contributed by atoms with Crippen molar-refractivity contribution < 1.29 is 28.5 Å². The van der Waals surface area contributed by atoms with Gasteiger partial charge in [0.15, 0.2) is 0 Å². The first kappa shape index (κ1) is 48.9. The minimum atomic E-state index is -0.500. The molecule has 1 aromatic rings. The molecule has 1 aliphatic heterocycles. The predicted molar refractivity (Wildman–Crippen MR) is 229 cm³/mol. The van der Waals surface area contributed by atoms with Crippen LogP contribution in [-0.4, -0.2) is 49.4 Å². The quantitative estimate of drug-likeness (QED) is 0.0787. The molecule has 55 heavy (non-hydrogen) atoms. The Balaban J connectivity index is 1.76. The topological polar surface area (TPSA) is 83.1 Å². The number of ether oxygens (including phenoxy) is 4. The summed E-state index contributed by atoms with van der Waals surface area (Å²) in [6.07, 6.45) is 15.1. The number of rotatable bonds is 25. The van der Waals surface area contributed by atoms with Crippen LogP contribution in [0.2, 0.25) is 0 Å². The molecule has 1 heterocycles. The molecular formula is C48H85NO6. The van der Waals surface area contributed by atoms with Crippen molar-refractivity contribution in [3.05, 3.63) is 22.3 Å². The van der Waals surface area contributed by atoms with Gasteiger partial charge in [-0.1, -0.05) is 100 Å². The van der Waals surface area contributed by atoms with Gasteiger partial charge in [0.2, 0.25) is 5.91 Å². The third-order valence-corrected chi connectivity index (χ3v) is 11.4. The molecule has 0 spiro atoms. The predicted octanol–water partition coefficient (Wildman–Crippen LogP) is 12.2. The van der Waals surface area contributed by atoms with Gasteiger partial charge in [0.25, 0.3) is 0 Å². The van der Waals surface area contributed by atoms with Crippen molar-refractivity contribution in [3.8, 4) is 11.5 Å². The fourth-order valence-corrected chi connectivity index (χ4v) is 7.78. The Morgan fingerprint density at radius 3 is 1.96 bits per heavy atom. The lowest BCUT2D eigenvalue weighted by Gasteiger charge is -2.38. The highest BCUT2D eigenvalue weighted by molar-refractivity contribution is 5.75. The summed E-state index contributed by atoms with van der Waals surface area (Å²) in [6.45, 7) is 34.0. The van der Waals surface area contributed by atoms with Crippen LogP contribution in [0.1, 0.15) is 189 Å². The molecule has 2 rings (SSSR count). The zero-order valence-corrected chi connectivity index (χ0v) is 38.4. The van der Waals surface area contributed by atoms with E-state index in [0.29, 0.717) is 45.6 Å². The molecule has 0 radical (unpaired) electrons. The van der Waals surface area contributed by atoms with Gasteiger partial charge in [0.05, 0.1) is 26.2 Å². The molecule has 7 nitrogen and oxygen atoms in total. The van der Waals surface area contributed by atoms with Crippen molar-refractivity contribution in [1.82, 2.24) is 5.32 Å². The Bertz CT molecular complexity index is 1340. The molecule has 0 bridgehead atoms. The number of fused-ring (bicyclic) bond motifs is 1. The molecular weight excluding hydrogens is 687 g/mol. The lowest BCUT2D eigenvalue weighted by Crippen LogP contribution is -2.38. The highest BCUT2D eigenvalue weighted by atomic mass is 16.6. The Morgan fingerprint density at radius 2 is 1.36 bits per heavy atom. The van der Waals surface area contributed by atoms with E-state index in [0.717, 1.165) is 54.1 Å². The largest absolute Gasteiger partial charge is 0.493 e. The first-order chi connectivity index (χ1) is 25.4. The van der Waals surface area contributed by atoms with Gasteiger partial charge in [0.1, 0.15) is 22.7 Å². The second-order valence-electron chi connectivity index (χ2n) is 20.7. The fraction of sp³-hybridized carbons (Fsp3) is 0.833. The summed E-state index contributed by atoms with van der Waals surface area (Å²) in [6, 6.07) is 0. The van der Waals surface area contributed by atoms with Gasteiger partial charge in [-0.25, -0.2) is 0 Å². The molecule has 7 heteroatoms. The van der Waals surface area contributed by atoms with E-state index in [2.05, 4.69) is 74.6 Å². The summed E-state index contributed by atoms with van der Waals surface area (Å²) < 4.78 is 24.7. The highest BCUT2D eigenvalue weighted by Crippen LogP contribution is 2.45. The van der Waals surface area contributed by atoms with E-state index in [1.165, 1.54) is 68.1 Å². The van der Waals surface area contributed by atoms with Gasteiger partial charge in [-0.2, -0.15) is 0 Å². The van der Waals surface area contributed by atoms with Crippen molar-refractivity contribution in [3.63, 3.8) is 0 Å². The smallest absolute Gasteiger partial charge is 0.306 e. The molecule has 1 amide bonds. The summed E-state index contributed by atoms with van der Waals surface area (Å²) in [5, 5.41) is 3.08. The van der Waals surface area contributed by atoms with Gasteiger partial charge in [-0.05, 0) is 120 Å². The molecule has 0 aromatic heterocycles. The summed E-state index contributed by atoms with van der Waals surface area (Å²) in [5.74, 6) is 4.26. The van der Waals surface area contributed by atoms with Gasteiger partial charge in [0, 0.05) is 23.9 Å². The average Bonchev–Trinajstić information content (AvgIpc) is 3.04. The van der Waals surface area contributed by atoms with Crippen LogP contribution in [0.5, 0.6) is 11.5 Å². The number of amides is 1. The third-order valence-electron chi connectivity index (χ3n) is 11.4. The number of benzene rings is 1. The van der Waals surface area contributed by atoms with Crippen molar-refractivity contribution >= 4 is 11.9 Å². The Hall–Kier alpha value is -2.28. The maximum Gasteiger partial charge on any atom is 0.306 e. The van der Waals surface area contributed by atoms with Crippen LogP contribution in [0.3, 0.4) is 0 Å². The van der Waals surface area contributed by atoms with Crippen LogP contribution in [0, 0.1) is 49.4 Å². The summed E-state index contributed by atoms with van der Waals surface area (Å²) in [7, 11) is 0. The SMILES string of the molecule is Cc1c(C)c2c(c(C)c1OCCCC(=O)NCC(C)(C)COCC(C)(C)CC(=O)OC(C)(C)C)CCC(C)(CCC[C@H](C)CCC[C@H](C)CCCC(C)C)O2. The Kier molecular flexibility index (Phi) is 19.6. The maximum atomic E-state index is 12.8. The zero-order chi connectivity index (χ0) is 41.6. The maximum absolute atomic E-state index is 12.8. The highest BCUT2D eigenvalue weighted by Gasteiger charge is 2.35. The first-order valence-electron chi connectivity index (χ1n) is 21.9.